The number of rotatable bonds is 3. The number of carbonyl (C=O) groups excluding carboxylic acids is 1. The first-order valence-corrected chi connectivity index (χ1v) is 6.47. The number of hydrogen-bond acceptors (Lipinski definition) is 3. The minimum absolute atomic E-state index is 0.297. The van der Waals surface area contributed by atoms with E-state index in [9.17, 15) is 4.79 Å². The Morgan fingerprint density at radius 2 is 2.16 bits per heavy atom. The van der Waals surface area contributed by atoms with Crippen molar-refractivity contribution in [1.29, 1.82) is 0 Å². The number of aldehydes is 1. The first kappa shape index (κ1) is 12.1. The van der Waals surface area contributed by atoms with Gasteiger partial charge in [-0.2, -0.15) is 0 Å². The highest BCUT2D eigenvalue weighted by molar-refractivity contribution is 5.78. The third kappa shape index (κ3) is 2.29. The summed E-state index contributed by atoms with van der Waals surface area (Å²) in [5.74, 6) is 0.474. The molecule has 0 aliphatic heterocycles. The highest BCUT2D eigenvalue weighted by Crippen LogP contribution is 2.39. The Labute approximate surface area is 112 Å². The van der Waals surface area contributed by atoms with Crippen LogP contribution in [-0.2, 0) is 0 Å². The van der Waals surface area contributed by atoms with E-state index in [0.717, 1.165) is 29.5 Å². The Hall–Kier alpha value is -2.00. The Morgan fingerprint density at radius 1 is 1.37 bits per heavy atom. The standard InChI is InChI=1S/C16H16N2O/c1-10-5-13(14-7-15(14)17)8-18-16(10)12-4-2-3-11(6-12)9-19/h2-6,8-9,14-15H,7,17H2,1H3/t14-,15+/m0/s1. The van der Waals surface area contributed by atoms with Gasteiger partial charge in [0, 0.05) is 29.3 Å². The van der Waals surface area contributed by atoms with Crippen LogP contribution in [0.4, 0.5) is 0 Å². The average molecular weight is 252 g/mol. The van der Waals surface area contributed by atoms with Gasteiger partial charge < -0.3 is 5.73 Å². The predicted octanol–water partition coefficient (Wildman–Crippen LogP) is 2.68. The Morgan fingerprint density at radius 3 is 2.79 bits per heavy atom. The lowest BCUT2D eigenvalue weighted by Crippen LogP contribution is -2.02. The molecule has 1 fully saturated rings. The van der Waals surface area contributed by atoms with Gasteiger partial charge in [-0.05, 0) is 30.5 Å². The van der Waals surface area contributed by atoms with Crippen molar-refractivity contribution >= 4 is 6.29 Å². The minimum Gasteiger partial charge on any atom is -0.327 e. The van der Waals surface area contributed by atoms with Gasteiger partial charge in [0.25, 0.3) is 0 Å². The van der Waals surface area contributed by atoms with Gasteiger partial charge in [0.1, 0.15) is 6.29 Å². The summed E-state index contributed by atoms with van der Waals surface area (Å²) in [6.45, 7) is 2.05. The van der Waals surface area contributed by atoms with Crippen molar-refractivity contribution in [2.45, 2.75) is 25.3 Å². The van der Waals surface area contributed by atoms with Crippen molar-refractivity contribution in [1.82, 2.24) is 4.98 Å². The molecule has 1 aromatic heterocycles. The summed E-state index contributed by atoms with van der Waals surface area (Å²) < 4.78 is 0. The molecule has 2 N–H and O–H groups in total. The third-order valence-electron chi connectivity index (χ3n) is 3.66. The molecule has 3 rings (SSSR count). The van der Waals surface area contributed by atoms with Crippen molar-refractivity contribution in [2.75, 3.05) is 0 Å². The third-order valence-corrected chi connectivity index (χ3v) is 3.66. The number of nitrogens with zero attached hydrogens (tertiary/aromatic N) is 1. The van der Waals surface area contributed by atoms with Gasteiger partial charge in [-0.1, -0.05) is 24.3 Å². The molecule has 1 heterocycles. The van der Waals surface area contributed by atoms with Gasteiger partial charge in [-0.25, -0.2) is 0 Å². The number of aryl methyl sites for hydroxylation is 1. The first-order valence-electron chi connectivity index (χ1n) is 6.47. The molecule has 0 saturated heterocycles. The van der Waals surface area contributed by atoms with Gasteiger partial charge in [-0.15, -0.1) is 0 Å². The number of carbonyl (C=O) groups is 1. The molecule has 0 amide bonds. The Bertz CT molecular complexity index is 636. The predicted molar refractivity (Wildman–Crippen MR) is 75.1 cm³/mol. The van der Waals surface area contributed by atoms with E-state index in [1.54, 1.807) is 6.07 Å². The van der Waals surface area contributed by atoms with E-state index in [0.29, 0.717) is 17.5 Å². The van der Waals surface area contributed by atoms with Gasteiger partial charge >= 0.3 is 0 Å². The highest BCUT2D eigenvalue weighted by atomic mass is 16.1. The van der Waals surface area contributed by atoms with Crippen LogP contribution in [0.1, 0.15) is 33.8 Å². The van der Waals surface area contributed by atoms with E-state index in [1.165, 1.54) is 5.56 Å². The van der Waals surface area contributed by atoms with Crippen molar-refractivity contribution in [3.63, 3.8) is 0 Å². The van der Waals surface area contributed by atoms with Crippen LogP contribution >= 0.6 is 0 Å². The van der Waals surface area contributed by atoms with Crippen LogP contribution in [0, 0.1) is 6.92 Å². The quantitative estimate of drug-likeness (QED) is 0.854. The fraction of sp³-hybridized carbons (Fsp3) is 0.250. The van der Waals surface area contributed by atoms with E-state index in [4.69, 9.17) is 5.73 Å². The van der Waals surface area contributed by atoms with Crippen LogP contribution in [0.3, 0.4) is 0 Å². The second-order valence-electron chi connectivity index (χ2n) is 5.18. The maximum absolute atomic E-state index is 10.8. The van der Waals surface area contributed by atoms with Crippen molar-refractivity contribution in [2.24, 2.45) is 5.73 Å². The summed E-state index contributed by atoms with van der Waals surface area (Å²) in [5, 5.41) is 0. The molecule has 3 heteroatoms. The number of hydrogen-bond donors (Lipinski definition) is 1. The van der Waals surface area contributed by atoms with Crippen LogP contribution in [0.5, 0.6) is 0 Å². The smallest absolute Gasteiger partial charge is 0.150 e. The van der Waals surface area contributed by atoms with Crippen LogP contribution in [0.15, 0.2) is 36.5 Å². The summed E-state index contributed by atoms with van der Waals surface area (Å²) in [6.07, 6.45) is 3.82. The molecular weight excluding hydrogens is 236 g/mol. The molecule has 1 aliphatic rings. The molecule has 96 valence electrons. The first-order chi connectivity index (χ1) is 9.19. The van der Waals surface area contributed by atoms with Crippen molar-refractivity contribution < 1.29 is 4.79 Å². The average Bonchev–Trinajstić information content (AvgIpc) is 3.16. The highest BCUT2D eigenvalue weighted by Gasteiger charge is 2.35. The largest absolute Gasteiger partial charge is 0.327 e. The zero-order valence-corrected chi connectivity index (χ0v) is 10.8. The Kier molecular flexibility index (Phi) is 2.91. The molecule has 2 aromatic rings. The SMILES string of the molecule is Cc1cc([C@@H]2C[C@H]2N)cnc1-c1cccc(C=O)c1. The lowest BCUT2D eigenvalue weighted by molar-refractivity contribution is 0.112. The van der Waals surface area contributed by atoms with E-state index < -0.39 is 0 Å². The van der Waals surface area contributed by atoms with Gasteiger partial charge in [-0.3, -0.25) is 9.78 Å². The summed E-state index contributed by atoms with van der Waals surface area (Å²) >= 11 is 0. The maximum atomic E-state index is 10.8. The molecular formula is C16H16N2O. The molecule has 0 unspecified atom stereocenters. The fourth-order valence-electron chi connectivity index (χ4n) is 2.46. The van der Waals surface area contributed by atoms with E-state index in [1.807, 2.05) is 31.3 Å². The van der Waals surface area contributed by atoms with Crippen LogP contribution in [0.25, 0.3) is 11.3 Å². The number of benzene rings is 1. The van der Waals surface area contributed by atoms with E-state index >= 15 is 0 Å². The van der Waals surface area contributed by atoms with Crippen LogP contribution in [-0.4, -0.2) is 17.3 Å². The Balaban J connectivity index is 1.98. The van der Waals surface area contributed by atoms with Gasteiger partial charge in [0.05, 0.1) is 5.69 Å². The molecule has 2 atom stereocenters. The minimum atomic E-state index is 0.297. The maximum Gasteiger partial charge on any atom is 0.150 e. The fourth-order valence-corrected chi connectivity index (χ4v) is 2.46. The molecule has 0 radical (unpaired) electrons. The molecule has 1 aromatic carbocycles. The number of aromatic nitrogens is 1. The monoisotopic (exact) mass is 252 g/mol. The number of nitrogens with two attached hydrogens (primary N) is 1. The van der Waals surface area contributed by atoms with Gasteiger partial charge in [0.2, 0.25) is 0 Å². The van der Waals surface area contributed by atoms with Gasteiger partial charge in [0.15, 0.2) is 0 Å². The molecule has 0 spiro atoms. The van der Waals surface area contributed by atoms with Crippen molar-refractivity contribution in [3.05, 3.63) is 53.2 Å². The zero-order valence-electron chi connectivity index (χ0n) is 10.8. The molecule has 0 bridgehead atoms. The number of pyridine rings is 1. The van der Waals surface area contributed by atoms with Crippen molar-refractivity contribution in [3.8, 4) is 11.3 Å². The van der Waals surface area contributed by atoms with Crippen LogP contribution < -0.4 is 5.73 Å². The van der Waals surface area contributed by atoms with Crippen LogP contribution in [0.2, 0.25) is 0 Å². The zero-order chi connectivity index (χ0) is 13.4. The lowest BCUT2D eigenvalue weighted by atomic mass is 10.0. The normalized spacial score (nSPS) is 21.2. The topological polar surface area (TPSA) is 56.0 Å². The molecule has 1 aliphatic carbocycles. The molecule has 19 heavy (non-hydrogen) atoms. The second kappa shape index (κ2) is 4.59. The second-order valence-corrected chi connectivity index (χ2v) is 5.18. The molecule has 1 saturated carbocycles. The molecule has 3 nitrogen and oxygen atoms in total. The summed E-state index contributed by atoms with van der Waals surface area (Å²) in [7, 11) is 0. The van der Waals surface area contributed by atoms with E-state index in [2.05, 4.69) is 11.1 Å². The summed E-state index contributed by atoms with van der Waals surface area (Å²) in [5.41, 5.74) is 10.8. The summed E-state index contributed by atoms with van der Waals surface area (Å²) in [6, 6.07) is 9.97. The summed E-state index contributed by atoms with van der Waals surface area (Å²) in [4.78, 5) is 15.4. The lowest BCUT2D eigenvalue weighted by Gasteiger charge is -2.08. The van der Waals surface area contributed by atoms with E-state index in [-0.39, 0.29) is 0 Å².